The summed E-state index contributed by atoms with van der Waals surface area (Å²) in [6.07, 6.45) is 7.64. The molecule has 1 rings (SSSR count). The Morgan fingerprint density at radius 1 is 1.30 bits per heavy atom. The van der Waals surface area contributed by atoms with E-state index in [0.29, 0.717) is 29.6 Å². The molecule has 5 nitrogen and oxygen atoms in total. The first-order valence-corrected chi connectivity index (χ1v) is 8.88. The van der Waals surface area contributed by atoms with Crippen LogP contribution in [0.2, 0.25) is 0 Å². The molecule has 132 valence electrons. The average molecular weight is 324 g/mol. The first-order chi connectivity index (χ1) is 10.8. The lowest BCUT2D eigenvalue weighted by molar-refractivity contribution is 0.0680. The molecule has 23 heavy (non-hydrogen) atoms. The highest BCUT2D eigenvalue weighted by Gasteiger charge is 2.26. The molecule has 1 aromatic rings. The van der Waals surface area contributed by atoms with Gasteiger partial charge in [-0.05, 0) is 35.2 Å². The Morgan fingerprint density at radius 2 is 2.00 bits per heavy atom. The van der Waals surface area contributed by atoms with E-state index in [1.807, 2.05) is 0 Å². The van der Waals surface area contributed by atoms with E-state index in [0.717, 1.165) is 19.3 Å². The molecular formula is C18H32N2O3. The van der Waals surface area contributed by atoms with Gasteiger partial charge in [-0.1, -0.05) is 60.3 Å². The monoisotopic (exact) mass is 324 g/mol. The van der Waals surface area contributed by atoms with Crippen molar-refractivity contribution in [2.24, 2.45) is 17.3 Å². The second-order valence-corrected chi connectivity index (χ2v) is 7.23. The highest BCUT2D eigenvalue weighted by molar-refractivity contribution is 5.82. The second kappa shape index (κ2) is 9.04. The van der Waals surface area contributed by atoms with Gasteiger partial charge in [0.15, 0.2) is 0 Å². The van der Waals surface area contributed by atoms with Crippen molar-refractivity contribution in [3.8, 4) is 0 Å². The zero-order chi connectivity index (χ0) is 17.5. The van der Waals surface area contributed by atoms with Crippen LogP contribution in [-0.2, 0) is 6.42 Å². The summed E-state index contributed by atoms with van der Waals surface area (Å²) in [6, 6.07) is 0. The van der Waals surface area contributed by atoms with Crippen molar-refractivity contribution >= 4 is 5.97 Å². The van der Waals surface area contributed by atoms with Crippen LogP contribution in [0.15, 0.2) is 4.52 Å². The molecule has 5 heteroatoms. The van der Waals surface area contributed by atoms with E-state index in [1.165, 1.54) is 19.3 Å². The number of carbonyl (C=O) groups is 1. The van der Waals surface area contributed by atoms with Gasteiger partial charge in [0.2, 0.25) is 5.89 Å². The van der Waals surface area contributed by atoms with E-state index in [9.17, 15) is 4.79 Å². The molecule has 1 aromatic heterocycles. The first-order valence-electron chi connectivity index (χ1n) is 8.88. The van der Waals surface area contributed by atoms with Crippen LogP contribution in [-0.4, -0.2) is 21.2 Å². The van der Waals surface area contributed by atoms with Gasteiger partial charge in [-0.25, -0.2) is 4.79 Å². The largest absolute Gasteiger partial charge is 0.475 e. The van der Waals surface area contributed by atoms with Crippen molar-refractivity contribution in [2.75, 3.05) is 0 Å². The van der Waals surface area contributed by atoms with Gasteiger partial charge in [0.25, 0.3) is 5.82 Å². The Morgan fingerprint density at radius 3 is 2.48 bits per heavy atom. The van der Waals surface area contributed by atoms with E-state index in [4.69, 9.17) is 9.63 Å². The van der Waals surface area contributed by atoms with Gasteiger partial charge in [-0.2, -0.15) is 4.98 Å². The maximum absolute atomic E-state index is 10.8. The minimum Gasteiger partial charge on any atom is -0.475 e. The van der Waals surface area contributed by atoms with Crippen LogP contribution in [0.5, 0.6) is 0 Å². The molecule has 0 spiro atoms. The molecule has 0 aromatic carbocycles. The highest BCUT2D eigenvalue weighted by atomic mass is 16.5. The highest BCUT2D eigenvalue weighted by Crippen LogP contribution is 2.37. The lowest BCUT2D eigenvalue weighted by Gasteiger charge is -2.33. The SMILES string of the molecule is CCCC(CCCC(C)(CC)C(C)C)Cc1nc(C(=O)O)no1. The number of rotatable bonds is 11. The molecule has 0 bridgehead atoms. The standard InChI is InChI=1S/C18H32N2O3/c1-6-9-14(10-8-11-18(5,7-2)13(3)4)12-15-19-16(17(21)22)20-23-15/h13-14H,6-12H2,1-5H3,(H,21,22). The molecule has 0 aliphatic carbocycles. The fourth-order valence-electron chi connectivity index (χ4n) is 3.10. The number of hydrogen-bond donors (Lipinski definition) is 1. The molecule has 2 atom stereocenters. The molecule has 0 radical (unpaired) electrons. The van der Waals surface area contributed by atoms with E-state index in [-0.39, 0.29) is 5.82 Å². The molecule has 0 aliphatic heterocycles. The van der Waals surface area contributed by atoms with Gasteiger partial charge in [0.05, 0.1) is 0 Å². The van der Waals surface area contributed by atoms with Gasteiger partial charge in [-0.15, -0.1) is 0 Å². The minimum absolute atomic E-state index is 0.242. The lowest BCUT2D eigenvalue weighted by atomic mass is 9.72. The predicted octanol–water partition coefficient (Wildman–Crippen LogP) is 4.97. The third-order valence-electron chi connectivity index (χ3n) is 5.38. The molecule has 0 saturated heterocycles. The summed E-state index contributed by atoms with van der Waals surface area (Å²) in [5, 5.41) is 12.4. The summed E-state index contributed by atoms with van der Waals surface area (Å²) >= 11 is 0. The summed E-state index contributed by atoms with van der Waals surface area (Å²) in [7, 11) is 0. The quantitative estimate of drug-likeness (QED) is 0.622. The van der Waals surface area contributed by atoms with Gasteiger partial charge in [-0.3, -0.25) is 0 Å². The molecule has 0 amide bonds. The second-order valence-electron chi connectivity index (χ2n) is 7.23. The number of hydrogen-bond acceptors (Lipinski definition) is 4. The van der Waals surface area contributed by atoms with Crippen LogP contribution in [0, 0.1) is 17.3 Å². The van der Waals surface area contributed by atoms with E-state index in [2.05, 4.69) is 44.8 Å². The van der Waals surface area contributed by atoms with Crippen molar-refractivity contribution in [2.45, 2.75) is 79.6 Å². The van der Waals surface area contributed by atoms with Gasteiger partial charge < -0.3 is 9.63 Å². The van der Waals surface area contributed by atoms with Crippen molar-refractivity contribution in [3.63, 3.8) is 0 Å². The average Bonchev–Trinajstić information content (AvgIpc) is 2.95. The third kappa shape index (κ3) is 5.96. The number of aromatic carboxylic acids is 1. The lowest BCUT2D eigenvalue weighted by Crippen LogP contribution is -2.22. The van der Waals surface area contributed by atoms with Crippen molar-refractivity contribution in [1.82, 2.24) is 10.1 Å². The maximum atomic E-state index is 10.8. The van der Waals surface area contributed by atoms with Crippen molar-refractivity contribution < 1.29 is 14.4 Å². The van der Waals surface area contributed by atoms with Crippen LogP contribution < -0.4 is 0 Å². The van der Waals surface area contributed by atoms with Crippen molar-refractivity contribution in [3.05, 3.63) is 11.7 Å². The van der Waals surface area contributed by atoms with Crippen molar-refractivity contribution in [1.29, 1.82) is 0 Å². The predicted molar refractivity (Wildman–Crippen MR) is 90.4 cm³/mol. The third-order valence-corrected chi connectivity index (χ3v) is 5.38. The Hall–Kier alpha value is -1.39. The summed E-state index contributed by atoms with van der Waals surface area (Å²) in [5.74, 6) is 0.237. The number of carboxylic acid groups (broad SMARTS) is 1. The fraction of sp³-hybridized carbons (Fsp3) is 0.833. The Bertz CT molecular complexity index is 484. The zero-order valence-corrected chi connectivity index (χ0v) is 15.3. The van der Waals surface area contributed by atoms with Crippen LogP contribution in [0.1, 0.15) is 89.7 Å². The summed E-state index contributed by atoms with van der Waals surface area (Å²) < 4.78 is 5.07. The van der Waals surface area contributed by atoms with Gasteiger partial charge in [0.1, 0.15) is 0 Å². The molecule has 1 heterocycles. The summed E-state index contributed by atoms with van der Waals surface area (Å²) in [6.45, 7) is 11.4. The zero-order valence-electron chi connectivity index (χ0n) is 15.3. The Balaban J connectivity index is 2.56. The van der Waals surface area contributed by atoms with Gasteiger partial charge >= 0.3 is 5.97 Å². The first kappa shape index (κ1) is 19.7. The Kier molecular flexibility index (Phi) is 7.73. The van der Waals surface area contributed by atoms with E-state index >= 15 is 0 Å². The Labute approximate surface area is 139 Å². The molecular weight excluding hydrogens is 292 g/mol. The normalized spacial score (nSPS) is 15.6. The number of aromatic nitrogens is 2. The van der Waals surface area contributed by atoms with Gasteiger partial charge in [0, 0.05) is 6.42 Å². The topological polar surface area (TPSA) is 76.2 Å². The molecule has 0 aliphatic rings. The fourth-order valence-corrected chi connectivity index (χ4v) is 3.10. The van der Waals surface area contributed by atoms with Crippen LogP contribution in [0.3, 0.4) is 0 Å². The smallest absolute Gasteiger partial charge is 0.377 e. The molecule has 1 N–H and O–H groups in total. The van der Waals surface area contributed by atoms with Crippen LogP contribution in [0.4, 0.5) is 0 Å². The summed E-state index contributed by atoms with van der Waals surface area (Å²) in [5.41, 5.74) is 0.401. The van der Waals surface area contributed by atoms with Crippen LogP contribution in [0.25, 0.3) is 0 Å². The van der Waals surface area contributed by atoms with Crippen LogP contribution >= 0.6 is 0 Å². The number of nitrogens with zero attached hydrogens (tertiary/aromatic N) is 2. The van der Waals surface area contributed by atoms with E-state index in [1.54, 1.807) is 0 Å². The number of carboxylic acids is 1. The molecule has 0 fully saturated rings. The van der Waals surface area contributed by atoms with E-state index < -0.39 is 5.97 Å². The molecule has 2 unspecified atom stereocenters. The summed E-state index contributed by atoms with van der Waals surface area (Å²) in [4.78, 5) is 14.8. The maximum Gasteiger partial charge on any atom is 0.377 e. The minimum atomic E-state index is -1.14. The molecule has 0 saturated carbocycles.